The molecule has 0 unspecified atom stereocenters. The zero-order chi connectivity index (χ0) is 14.4. The molecule has 21 heavy (non-hydrogen) atoms. The molecule has 4 rings (SSSR count). The summed E-state index contributed by atoms with van der Waals surface area (Å²) in [5.41, 5.74) is 8.17. The third-order valence-electron chi connectivity index (χ3n) is 5.00. The van der Waals surface area contributed by atoms with Gasteiger partial charge in [0.25, 0.3) is 0 Å². The first-order chi connectivity index (χ1) is 10.3. The number of pyridine rings is 1. The second-order valence-electron chi connectivity index (χ2n) is 6.12. The van der Waals surface area contributed by atoms with Gasteiger partial charge in [0.1, 0.15) is 5.82 Å². The number of nitrogens with two attached hydrogens (primary N) is 1. The van der Waals surface area contributed by atoms with E-state index in [1.807, 2.05) is 18.5 Å². The van der Waals surface area contributed by atoms with Gasteiger partial charge in [0.05, 0.1) is 16.9 Å². The van der Waals surface area contributed by atoms with Crippen LogP contribution in [0.2, 0.25) is 0 Å². The smallest absolute Gasteiger partial charge is 0.161 e. The van der Waals surface area contributed by atoms with Gasteiger partial charge < -0.3 is 5.73 Å². The van der Waals surface area contributed by atoms with E-state index in [9.17, 15) is 0 Å². The van der Waals surface area contributed by atoms with Gasteiger partial charge in [-0.2, -0.15) is 0 Å². The number of nitrogen functional groups attached to an aromatic ring is 1. The Bertz CT molecular complexity index is 785. The fourth-order valence-corrected chi connectivity index (χ4v) is 3.90. The van der Waals surface area contributed by atoms with E-state index in [0.717, 1.165) is 22.3 Å². The van der Waals surface area contributed by atoms with Gasteiger partial charge in [0.15, 0.2) is 5.65 Å². The summed E-state index contributed by atoms with van der Waals surface area (Å²) >= 11 is 0. The minimum atomic E-state index is 0.504. The van der Waals surface area contributed by atoms with Crippen molar-refractivity contribution in [2.45, 2.75) is 45.1 Å². The molecule has 0 amide bonds. The summed E-state index contributed by atoms with van der Waals surface area (Å²) < 4.78 is 2.30. The Hall–Kier alpha value is -2.04. The molecule has 3 aromatic rings. The van der Waals surface area contributed by atoms with E-state index in [2.05, 4.69) is 26.7 Å². The molecule has 110 valence electrons. The van der Waals surface area contributed by atoms with E-state index in [-0.39, 0.29) is 0 Å². The fraction of sp³-hybridized carbons (Fsp3) is 0.500. The topological polar surface area (TPSA) is 72.5 Å². The maximum absolute atomic E-state index is 6.19. The number of nitrogens with one attached hydrogen (secondary N) is 1. The minimum Gasteiger partial charge on any atom is -0.384 e. The van der Waals surface area contributed by atoms with Gasteiger partial charge in [-0.1, -0.05) is 26.2 Å². The number of hydrogen-bond acceptors (Lipinski definition) is 3. The van der Waals surface area contributed by atoms with Crippen molar-refractivity contribution in [3.05, 3.63) is 18.5 Å². The zero-order valence-electron chi connectivity index (χ0n) is 12.3. The second-order valence-corrected chi connectivity index (χ2v) is 6.12. The molecule has 0 radical (unpaired) electrons. The van der Waals surface area contributed by atoms with Crippen LogP contribution in [0.25, 0.3) is 21.9 Å². The molecule has 5 nitrogen and oxygen atoms in total. The first-order valence-electron chi connectivity index (χ1n) is 7.88. The van der Waals surface area contributed by atoms with Gasteiger partial charge >= 0.3 is 0 Å². The molecule has 0 saturated heterocycles. The number of fused-ring (bicyclic) bond motifs is 3. The Kier molecular flexibility index (Phi) is 2.87. The van der Waals surface area contributed by atoms with Crippen molar-refractivity contribution < 1.29 is 0 Å². The van der Waals surface area contributed by atoms with Crippen molar-refractivity contribution in [2.24, 2.45) is 5.92 Å². The standard InChI is InChI=1S/C16H21N5/c1-2-10-5-3-4-6-13(10)21-14-11-7-8-18-16(11)19-9-12(14)15(17)20-21/h7-10,13,20H,2-6,17H2,1H3/t10-,13+/m1/s1. The highest BCUT2D eigenvalue weighted by Gasteiger charge is 2.27. The van der Waals surface area contributed by atoms with E-state index in [0.29, 0.717) is 11.9 Å². The molecule has 3 N–H and O–H groups in total. The summed E-state index contributed by atoms with van der Waals surface area (Å²) in [5, 5.41) is 5.50. The third kappa shape index (κ3) is 1.83. The SMILES string of the molecule is CC[C@@H]1CCCC[C@@H]1n1[nH]c(N)c2cnc3nccc3c21. The van der Waals surface area contributed by atoms with E-state index >= 15 is 0 Å². The van der Waals surface area contributed by atoms with Crippen LogP contribution in [0.3, 0.4) is 0 Å². The predicted octanol–water partition coefficient (Wildman–Crippen LogP) is 3.64. The number of anilines is 1. The van der Waals surface area contributed by atoms with Gasteiger partial charge in [-0.15, -0.1) is 0 Å². The normalized spacial score (nSPS) is 23.1. The molecule has 3 heterocycles. The van der Waals surface area contributed by atoms with Gasteiger partial charge in [-0.25, -0.2) is 9.97 Å². The maximum Gasteiger partial charge on any atom is 0.161 e. The van der Waals surface area contributed by atoms with Crippen LogP contribution in [-0.4, -0.2) is 19.7 Å². The molecule has 0 bridgehead atoms. The Morgan fingerprint density at radius 3 is 3.00 bits per heavy atom. The third-order valence-corrected chi connectivity index (χ3v) is 5.00. The van der Waals surface area contributed by atoms with Crippen molar-refractivity contribution in [3.8, 4) is 0 Å². The number of rotatable bonds is 2. The van der Waals surface area contributed by atoms with Crippen molar-refractivity contribution in [2.75, 3.05) is 5.73 Å². The summed E-state index contributed by atoms with van der Waals surface area (Å²) in [6.07, 6.45) is 10.0. The number of aromatic nitrogens is 4. The van der Waals surface area contributed by atoms with Gasteiger partial charge in [0, 0.05) is 17.8 Å². The summed E-state index contributed by atoms with van der Waals surface area (Å²) in [5.74, 6) is 1.43. The van der Waals surface area contributed by atoms with Crippen LogP contribution in [0.5, 0.6) is 0 Å². The number of aromatic amines is 1. The van der Waals surface area contributed by atoms with Crippen LogP contribution in [0.1, 0.15) is 45.1 Å². The first-order valence-corrected chi connectivity index (χ1v) is 7.88. The average molecular weight is 283 g/mol. The van der Waals surface area contributed by atoms with E-state index in [1.54, 1.807) is 0 Å². The highest BCUT2D eigenvalue weighted by atomic mass is 15.3. The van der Waals surface area contributed by atoms with Crippen LogP contribution >= 0.6 is 0 Å². The molecule has 3 aromatic heterocycles. The molecule has 5 heteroatoms. The van der Waals surface area contributed by atoms with Crippen LogP contribution < -0.4 is 5.73 Å². The highest BCUT2D eigenvalue weighted by Crippen LogP contribution is 2.39. The minimum absolute atomic E-state index is 0.504. The fourth-order valence-electron chi connectivity index (χ4n) is 3.90. The molecule has 0 aromatic carbocycles. The molecule has 2 atom stereocenters. The Morgan fingerprint density at radius 2 is 2.14 bits per heavy atom. The van der Waals surface area contributed by atoms with Crippen molar-refractivity contribution in [3.63, 3.8) is 0 Å². The number of hydrogen-bond donors (Lipinski definition) is 2. The average Bonchev–Trinajstić information content (AvgIpc) is 3.11. The molecule has 1 aliphatic carbocycles. The van der Waals surface area contributed by atoms with Crippen LogP contribution in [-0.2, 0) is 0 Å². The van der Waals surface area contributed by atoms with Crippen LogP contribution in [0.4, 0.5) is 5.82 Å². The Balaban J connectivity index is 1.97. The zero-order valence-corrected chi connectivity index (χ0v) is 12.3. The molecule has 1 fully saturated rings. The lowest BCUT2D eigenvalue weighted by Crippen LogP contribution is -2.23. The second kappa shape index (κ2) is 4.76. The lowest BCUT2D eigenvalue weighted by molar-refractivity contribution is 0.223. The lowest BCUT2D eigenvalue weighted by Gasteiger charge is -2.32. The van der Waals surface area contributed by atoms with Gasteiger partial charge in [-0.05, 0) is 24.8 Å². The predicted molar refractivity (Wildman–Crippen MR) is 85.1 cm³/mol. The molecular formula is C16H21N5. The van der Waals surface area contributed by atoms with Crippen molar-refractivity contribution in [1.82, 2.24) is 19.7 Å². The summed E-state index contributed by atoms with van der Waals surface area (Å²) in [6, 6.07) is 2.54. The summed E-state index contributed by atoms with van der Waals surface area (Å²) in [7, 11) is 0. The van der Waals surface area contributed by atoms with Crippen LogP contribution in [0, 0.1) is 5.92 Å². The van der Waals surface area contributed by atoms with Gasteiger partial charge in [-0.3, -0.25) is 9.78 Å². The van der Waals surface area contributed by atoms with Gasteiger partial charge in [0.2, 0.25) is 0 Å². The maximum atomic E-state index is 6.19. The van der Waals surface area contributed by atoms with E-state index in [4.69, 9.17) is 5.73 Å². The molecular weight excluding hydrogens is 262 g/mol. The molecule has 1 aliphatic rings. The van der Waals surface area contributed by atoms with E-state index < -0.39 is 0 Å². The molecule has 0 aliphatic heterocycles. The molecule has 0 spiro atoms. The number of nitrogens with zero attached hydrogens (tertiary/aromatic N) is 3. The number of H-pyrrole nitrogens is 1. The Labute approximate surface area is 123 Å². The monoisotopic (exact) mass is 283 g/mol. The summed E-state index contributed by atoms with van der Waals surface area (Å²) in [6.45, 7) is 2.29. The van der Waals surface area contributed by atoms with Crippen molar-refractivity contribution >= 4 is 27.8 Å². The van der Waals surface area contributed by atoms with Crippen molar-refractivity contribution in [1.29, 1.82) is 0 Å². The largest absolute Gasteiger partial charge is 0.384 e. The van der Waals surface area contributed by atoms with Crippen LogP contribution in [0.15, 0.2) is 18.5 Å². The Morgan fingerprint density at radius 1 is 1.29 bits per heavy atom. The highest BCUT2D eigenvalue weighted by molar-refractivity contribution is 6.06. The first kappa shape index (κ1) is 12.7. The van der Waals surface area contributed by atoms with E-state index in [1.165, 1.54) is 37.6 Å². The molecule has 1 saturated carbocycles. The summed E-state index contributed by atoms with van der Waals surface area (Å²) in [4.78, 5) is 8.73. The lowest BCUT2D eigenvalue weighted by atomic mass is 9.83. The quantitative estimate of drug-likeness (QED) is 0.754.